The van der Waals surface area contributed by atoms with Crippen molar-refractivity contribution in [3.63, 3.8) is 0 Å². The van der Waals surface area contributed by atoms with Crippen LogP contribution in [0, 0.1) is 5.82 Å². The summed E-state index contributed by atoms with van der Waals surface area (Å²) in [5.41, 5.74) is -1.24. The number of halogens is 4. The van der Waals surface area contributed by atoms with Gasteiger partial charge in [-0.3, -0.25) is 4.90 Å². The summed E-state index contributed by atoms with van der Waals surface area (Å²) < 4.78 is 84.8. The molecule has 0 fully saturated rings. The molecule has 0 saturated heterocycles. The zero-order valence-corrected chi connectivity index (χ0v) is 15.6. The molecule has 0 bridgehead atoms. The zero-order valence-electron chi connectivity index (χ0n) is 14.8. The summed E-state index contributed by atoms with van der Waals surface area (Å²) in [4.78, 5) is 0.860. The molecular formula is C17H20F4N2O3S. The molecule has 1 atom stereocenters. The minimum Gasteiger partial charge on any atom is -0.468 e. The Morgan fingerprint density at radius 3 is 2.37 bits per heavy atom. The van der Waals surface area contributed by atoms with Crippen LogP contribution in [0.2, 0.25) is 0 Å². The van der Waals surface area contributed by atoms with Crippen LogP contribution in [0.4, 0.5) is 17.6 Å². The van der Waals surface area contributed by atoms with Crippen molar-refractivity contribution in [1.29, 1.82) is 0 Å². The van der Waals surface area contributed by atoms with Crippen molar-refractivity contribution in [2.24, 2.45) is 0 Å². The fraction of sp³-hybridized carbons (Fsp3) is 0.412. The molecule has 0 amide bonds. The highest BCUT2D eigenvalue weighted by Crippen LogP contribution is 2.31. The van der Waals surface area contributed by atoms with E-state index in [1.165, 1.54) is 6.26 Å². The Kier molecular flexibility index (Phi) is 6.66. The van der Waals surface area contributed by atoms with Crippen molar-refractivity contribution in [3.05, 3.63) is 53.7 Å². The molecule has 1 N–H and O–H groups in total. The molecule has 0 saturated carbocycles. The van der Waals surface area contributed by atoms with Gasteiger partial charge in [0.2, 0.25) is 10.0 Å². The number of hydrogen-bond donors (Lipinski definition) is 1. The van der Waals surface area contributed by atoms with Gasteiger partial charge in [0.25, 0.3) is 0 Å². The van der Waals surface area contributed by atoms with Crippen LogP contribution in [0.15, 0.2) is 45.9 Å². The average Bonchev–Trinajstić information content (AvgIpc) is 3.12. The first-order valence-corrected chi connectivity index (χ1v) is 9.72. The van der Waals surface area contributed by atoms with Gasteiger partial charge in [0, 0.05) is 6.54 Å². The highest BCUT2D eigenvalue weighted by atomic mass is 32.2. The lowest BCUT2D eigenvalue weighted by Crippen LogP contribution is -2.38. The standard InChI is InChI=1S/C17H20F4N2O3S/c1-3-23(4-2)14(15-6-5-9-26-15)11-22-27(24,25)16-10-12(17(19,20)21)7-8-13(16)18/h5-10,14,22H,3-4,11H2,1-2H3. The Morgan fingerprint density at radius 1 is 1.19 bits per heavy atom. The maximum absolute atomic E-state index is 13.9. The first-order chi connectivity index (χ1) is 12.6. The van der Waals surface area contributed by atoms with Crippen molar-refractivity contribution < 1.29 is 30.4 Å². The summed E-state index contributed by atoms with van der Waals surface area (Å²) in [6, 6.07) is 4.10. The molecule has 1 heterocycles. The number of likely N-dealkylation sites (N-methyl/N-ethyl adjacent to an activating group) is 1. The van der Waals surface area contributed by atoms with Crippen LogP contribution in [0.1, 0.15) is 31.2 Å². The van der Waals surface area contributed by atoms with Gasteiger partial charge in [0.1, 0.15) is 16.5 Å². The molecule has 0 aliphatic rings. The number of rotatable bonds is 8. The van der Waals surface area contributed by atoms with Gasteiger partial charge in [0.15, 0.2) is 0 Å². The van der Waals surface area contributed by atoms with Crippen LogP contribution in [0.5, 0.6) is 0 Å². The lowest BCUT2D eigenvalue weighted by Gasteiger charge is -2.28. The van der Waals surface area contributed by atoms with Crippen LogP contribution < -0.4 is 4.72 Å². The lowest BCUT2D eigenvalue weighted by molar-refractivity contribution is -0.137. The van der Waals surface area contributed by atoms with Crippen molar-refractivity contribution in [1.82, 2.24) is 9.62 Å². The van der Waals surface area contributed by atoms with Gasteiger partial charge in [-0.2, -0.15) is 13.2 Å². The summed E-state index contributed by atoms with van der Waals surface area (Å²) in [6.45, 7) is 4.73. The second-order valence-corrected chi connectivity index (χ2v) is 7.48. The molecule has 0 aliphatic heterocycles. The third-order valence-corrected chi connectivity index (χ3v) is 5.58. The number of nitrogens with one attached hydrogen (secondary N) is 1. The summed E-state index contributed by atoms with van der Waals surface area (Å²) in [6.07, 6.45) is -3.34. The molecule has 150 valence electrons. The predicted octanol–water partition coefficient (Wildman–Crippen LogP) is 3.80. The predicted molar refractivity (Wildman–Crippen MR) is 91.0 cm³/mol. The first kappa shape index (κ1) is 21.4. The van der Waals surface area contributed by atoms with Gasteiger partial charge in [0.05, 0.1) is 17.9 Å². The van der Waals surface area contributed by atoms with Gasteiger partial charge in [-0.25, -0.2) is 17.5 Å². The van der Waals surface area contributed by atoms with Crippen molar-refractivity contribution in [3.8, 4) is 0 Å². The van der Waals surface area contributed by atoms with Gasteiger partial charge in [-0.1, -0.05) is 13.8 Å². The lowest BCUT2D eigenvalue weighted by atomic mass is 10.2. The van der Waals surface area contributed by atoms with E-state index in [2.05, 4.69) is 4.72 Å². The highest BCUT2D eigenvalue weighted by Gasteiger charge is 2.33. The van der Waals surface area contributed by atoms with Gasteiger partial charge >= 0.3 is 6.18 Å². The first-order valence-electron chi connectivity index (χ1n) is 8.24. The van der Waals surface area contributed by atoms with E-state index in [-0.39, 0.29) is 12.6 Å². The Bertz CT molecular complexity index is 848. The summed E-state index contributed by atoms with van der Waals surface area (Å²) in [5, 5.41) is 0. The Balaban J connectivity index is 2.30. The van der Waals surface area contributed by atoms with Crippen LogP contribution in [-0.2, 0) is 16.2 Å². The van der Waals surface area contributed by atoms with Crippen LogP contribution in [0.3, 0.4) is 0 Å². The van der Waals surface area contributed by atoms with Crippen molar-refractivity contribution >= 4 is 10.0 Å². The van der Waals surface area contributed by atoms with Crippen LogP contribution in [0.25, 0.3) is 0 Å². The number of sulfonamides is 1. The molecule has 27 heavy (non-hydrogen) atoms. The summed E-state index contributed by atoms with van der Waals surface area (Å²) >= 11 is 0. The smallest absolute Gasteiger partial charge is 0.416 e. The molecular weight excluding hydrogens is 388 g/mol. The maximum atomic E-state index is 13.9. The Labute approximate surface area is 155 Å². The molecule has 2 rings (SSSR count). The molecule has 1 aromatic carbocycles. The Morgan fingerprint density at radius 2 is 1.85 bits per heavy atom. The molecule has 1 aromatic heterocycles. The van der Waals surface area contributed by atoms with E-state index in [9.17, 15) is 26.0 Å². The average molecular weight is 408 g/mol. The fourth-order valence-corrected chi connectivity index (χ4v) is 3.85. The molecule has 10 heteroatoms. The normalized spacial score (nSPS) is 13.9. The van der Waals surface area contributed by atoms with Crippen LogP contribution >= 0.6 is 0 Å². The number of nitrogens with zero attached hydrogens (tertiary/aromatic N) is 1. The van der Waals surface area contributed by atoms with E-state index < -0.39 is 38.5 Å². The minimum absolute atomic E-state index is 0.187. The second kappa shape index (κ2) is 8.41. The highest BCUT2D eigenvalue weighted by molar-refractivity contribution is 7.89. The second-order valence-electron chi connectivity index (χ2n) is 5.75. The Hall–Kier alpha value is -1.91. The van der Waals surface area contributed by atoms with E-state index in [4.69, 9.17) is 4.42 Å². The quantitative estimate of drug-likeness (QED) is 0.675. The third-order valence-electron chi connectivity index (χ3n) is 4.14. The number of alkyl halides is 3. The van der Waals surface area contributed by atoms with E-state index >= 15 is 0 Å². The molecule has 1 unspecified atom stereocenters. The van der Waals surface area contributed by atoms with E-state index in [1.807, 2.05) is 18.7 Å². The number of furan rings is 1. The third kappa shape index (κ3) is 5.08. The minimum atomic E-state index is -4.78. The SMILES string of the molecule is CCN(CC)C(CNS(=O)(=O)c1cc(C(F)(F)F)ccc1F)c1ccco1. The molecule has 0 aliphatic carbocycles. The van der Waals surface area contributed by atoms with Crippen molar-refractivity contribution in [2.45, 2.75) is 31.0 Å². The van der Waals surface area contributed by atoms with E-state index in [0.717, 1.165) is 0 Å². The molecule has 0 spiro atoms. The number of benzene rings is 1. The fourth-order valence-electron chi connectivity index (χ4n) is 2.71. The van der Waals surface area contributed by atoms with Crippen LogP contribution in [-0.4, -0.2) is 33.0 Å². The van der Waals surface area contributed by atoms with Crippen molar-refractivity contribution in [2.75, 3.05) is 19.6 Å². The van der Waals surface area contributed by atoms with Gasteiger partial charge < -0.3 is 4.42 Å². The summed E-state index contributed by atoms with van der Waals surface area (Å²) in [5.74, 6) is -0.765. The van der Waals surface area contributed by atoms with Gasteiger partial charge in [-0.15, -0.1) is 0 Å². The number of hydrogen-bond acceptors (Lipinski definition) is 4. The molecule has 5 nitrogen and oxygen atoms in total. The zero-order chi connectivity index (χ0) is 20.2. The van der Waals surface area contributed by atoms with E-state index in [1.54, 1.807) is 12.1 Å². The van der Waals surface area contributed by atoms with E-state index in [0.29, 0.717) is 31.0 Å². The largest absolute Gasteiger partial charge is 0.468 e. The maximum Gasteiger partial charge on any atom is 0.416 e. The molecule has 0 radical (unpaired) electrons. The summed E-state index contributed by atoms with van der Waals surface area (Å²) in [7, 11) is -4.50. The molecule has 2 aromatic rings. The monoisotopic (exact) mass is 408 g/mol. The topological polar surface area (TPSA) is 62.6 Å². The van der Waals surface area contributed by atoms with Gasteiger partial charge in [-0.05, 0) is 43.4 Å².